The molecular formula is C16H20N4S. The van der Waals surface area contributed by atoms with Gasteiger partial charge >= 0.3 is 0 Å². The number of thioether (sulfide) groups is 1. The molecule has 1 aromatic heterocycles. The molecule has 0 saturated carbocycles. The molecule has 1 N–H and O–H groups in total. The van der Waals surface area contributed by atoms with Crippen molar-refractivity contribution in [3.63, 3.8) is 0 Å². The van der Waals surface area contributed by atoms with Gasteiger partial charge in [-0.05, 0) is 12.0 Å². The molecule has 1 aliphatic heterocycles. The third kappa shape index (κ3) is 3.88. The van der Waals surface area contributed by atoms with Gasteiger partial charge in [-0.15, -0.1) is 0 Å². The van der Waals surface area contributed by atoms with Crippen molar-refractivity contribution in [2.75, 3.05) is 12.3 Å². The van der Waals surface area contributed by atoms with Gasteiger partial charge in [0.2, 0.25) is 0 Å². The summed E-state index contributed by atoms with van der Waals surface area (Å²) < 4.78 is 2.05. The van der Waals surface area contributed by atoms with E-state index in [0.29, 0.717) is 6.04 Å². The summed E-state index contributed by atoms with van der Waals surface area (Å²) in [7, 11) is 2.02. The average Bonchev–Trinajstić information content (AvgIpc) is 3.10. The highest BCUT2D eigenvalue weighted by molar-refractivity contribution is 8.14. The van der Waals surface area contributed by atoms with E-state index in [4.69, 9.17) is 0 Å². The Morgan fingerprint density at radius 1 is 1.38 bits per heavy atom. The Bertz CT molecular complexity index is 606. The number of nitrogens with zero attached hydrogens (tertiary/aromatic N) is 3. The van der Waals surface area contributed by atoms with E-state index < -0.39 is 0 Å². The first-order valence-corrected chi connectivity index (χ1v) is 8.24. The van der Waals surface area contributed by atoms with Crippen LogP contribution in [0.3, 0.4) is 0 Å². The first kappa shape index (κ1) is 14.2. The molecule has 4 nitrogen and oxygen atoms in total. The molecule has 110 valence electrons. The number of rotatable bonds is 5. The summed E-state index contributed by atoms with van der Waals surface area (Å²) in [6.45, 7) is 0.790. The van der Waals surface area contributed by atoms with Crippen LogP contribution in [-0.2, 0) is 19.9 Å². The second-order valence-corrected chi connectivity index (χ2v) is 6.24. The molecule has 2 aromatic rings. The largest absolute Gasteiger partial charge is 0.361 e. The minimum Gasteiger partial charge on any atom is -0.361 e. The standard InChI is InChI=1S/C16H20N4S/c1-20-10-9-17-15(20)7-8-18-16-19-14(12-21-16)11-13-5-3-2-4-6-13/h2-6,9-10,14H,7-8,11-12H2,1H3,(H,18,19). The van der Waals surface area contributed by atoms with Crippen LogP contribution in [0.15, 0.2) is 47.7 Å². The third-order valence-corrected chi connectivity index (χ3v) is 4.67. The lowest BCUT2D eigenvalue weighted by molar-refractivity contribution is 0.685. The highest BCUT2D eigenvalue weighted by Crippen LogP contribution is 2.17. The molecule has 1 unspecified atom stereocenters. The molecule has 0 aliphatic carbocycles. The van der Waals surface area contributed by atoms with Gasteiger partial charge in [0.15, 0.2) is 5.17 Å². The van der Waals surface area contributed by atoms with E-state index in [9.17, 15) is 0 Å². The quantitative estimate of drug-likeness (QED) is 0.921. The minimum atomic E-state index is 0.490. The van der Waals surface area contributed by atoms with Crippen LogP contribution in [0.2, 0.25) is 0 Å². The molecule has 0 spiro atoms. The molecule has 0 bridgehead atoms. The molecular weight excluding hydrogens is 280 g/mol. The number of hydrogen-bond acceptors (Lipinski definition) is 3. The van der Waals surface area contributed by atoms with E-state index in [2.05, 4.69) is 45.6 Å². The normalized spacial score (nSPS) is 19.9. The van der Waals surface area contributed by atoms with E-state index in [0.717, 1.165) is 36.1 Å². The lowest BCUT2D eigenvalue weighted by Crippen LogP contribution is -2.29. The molecule has 1 aromatic carbocycles. The molecule has 2 heterocycles. The zero-order valence-electron chi connectivity index (χ0n) is 12.2. The van der Waals surface area contributed by atoms with Crippen molar-refractivity contribution in [2.24, 2.45) is 12.0 Å². The maximum atomic E-state index is 4.65. The number of amidine groups is 1. The van der Waals surface area contributed by atoms with E-state index in [1.165, 1.54) is 5.56 Å². The van der Waals surface area contributed by atoms with Crippen molar-refractivity contribution in [3.05, 3.63) is 54.1 Å². The first-order chi connectivity index (χ1) is 10.3. The average molecular weight is 300 g/mol. The number of benzene rings is 1. The number of aliphatic imine (C=N–C) groups is 1. The molecule has 3 rings (SSSR count). The lowest BCUT2D eigenvalue weighted by atomic mass is 10.1. The zero-order valence-corrected chi connectivity index (χ0v) is 13.0. The van der Waals surface area contributed by atoms with Crippen molar-refractivity contribution < 1.29 is 0 Å². The van der Waals surface area contributed by atoms with Gasteiger partial charge in [-0.3, -0.25) is 4.99 Å². The van der Waals surface area contributed by atoms with Crippen LogP contribution in [0, 0.1) is 0 Å². The second kappa shape index (κ2) is 6.80. The Morgan fingerprint density at radius 3 is 3.00 bits per heavy atom. The number of aromatic nitrogens is 2. The molecule has 0 radical (unpaired) electrons. The summed E-state index contributed by atoms with van der Waals surface area (Å²) in [6.07, 6.45) is 5.76. The van der Waals surface area contributed by atoms with Crippen molar-refractivity contribution in [1.29, 1.82) is 0 Å². The smallest absolute Gasteiger partial charge is 0.156 e. The van der Waals surface area contributed by atoms with E-state index in [1.54, 1.807) is 0 Å². The van der Waals surface area contributed by atoms with Gasteiger partial charge < -0.3 is 9.88 Å². The Balaban J connectivity index is 1.48. The number of nitrogens with one attached hydrogen (secondary N) is 1. The summed E-state index contributed by atoms with van der Waals surface area (Å²) in [5.41, 5.74) is 1.38. The number of imidazole rings is 1. The van der Waals surface area contributed by atoms with Crippen LogP contribution < -0.4 is 5.32 Å². The van der Waals surface area contributed by atoms with Crippen LogP contribution in [-0.4, -0.2) is 33.1 Å². The van der Waals surface area contributed by atoms with Crippen LogP contribution in [0.1, 0.15) is 11.4 Å². The molecule has 1 aliphatic rings. The topological polar surface area (TPSA) is 42.2 Å². The zero-order chi connectivity index (χ0) is 14.5. The predicted molar refractivity (Wildman–Crippen MR) is 88.7 cm³/mol. The third-order valence-electron chi connectivity index (χ3n) is 3.59. The molecule has 1 saturated heterocycles. The maximum absolute atomic E-state index is 4.65. The molecule has 21 heavy (non-hydrogen) atoms. The highest BCUT2D eigenvalue weighted by Gasteiger charge is 2.20. The summed E-state index contributed by atoms with van der Waals surface area (Å²) in [6, 6.07) is 11.1. The van der Waals surface area contributed by atoms with Crippen LogP contribution in [0.5, 0.6) is 0 Å². The van der Waals surface area contributed by atoms with Crippen molar-refractivity contribution in [3.8, 4) is 0 Å². The van der Waals surface area contributed by atoms with Gasteiger partial charge in [0, 0.05) is 44.2 Å². The molecule has 5 heteroatoms. The van der Waals surface area contributed by atoms with E-state index >= 15 is 0 Å². The van der Waals surface area contributed by atoms with E-state index in [-0.39, 0.29) is 0 Å². The van der Waals surface area contributed by atoms with E-state index in [1.807, 2.05) is 35.8 Å². The van der Waals surface area contributed by atoms with Crippen LogP contribution in [0.25, 0.3) is 0 Å². The lowest BCUT2D eigenvalue weighted by Gasteiger charge is -2.09. The Morgan fingerprint density at radius 2 is 2.24 bits per heavy atom. The first-order valence-electron chi connectivity index (χ1n) is 7.25. The SMILES string of the molecule is Cn1ccnc1CCN=C1NC(Cc2ccccc2)CS1. The Labute approximate surface area is 129 Å². The molecule has 1 atom stereocenters. The van der Waals surface area contributed by atoms with Crippen LogP contribution >= 0.6 is 11.8 Å². The maximum Gasteiger partial charge on any atom is 0.156 e. The molecule has 0 amide bonds. The van der Waals surface area contributed by atoms with Crippen molar-refractivity contribution in [1.82, 2.24) is 14.9 Å². The minimum absolute atomic E-state index is 0.490. The van der Waals surface area contributed by atoms with Gasteiger partial charge in [0.1, 0.15) is 5.82 Å². The number of aryl methyl sites for hydroxylation is 1. The van der Waals surface area contributed by atoms with Gasteiger partial charge in [-0.2, -0.15) is 0 Å². The highest BCUT2D eigenvalue weighted by atomic mass is 32.2. The second-order valence-electron chi connectivity index (χ2n) is 5.23. The van der Waals surface area contributed by atoms with Crippen molar-refractivity contribution >= 4 is 16.9 Å². The van der Waals surface area contributed by atoms with Gasteiger partial charge in [-0.25, -0.2) is 4.98 Å². The summed E-state index contributed by atoms with van der Waals surface area (Å²) in [5, 5.41) is 4.59. The fourth-order valence-electron chi connectivity index (χ4n) is 2.43. The Hall–Kier alpha value is -1.75. The summed E-state index contributed by atoms with van der Waals surface area (Å²) in [5.74, 6) is 2.18. The number of hydrogen-bond donors (Lipinski definition) is 1. The summed E-state index contributed by atoms with van der Waals surface area (Å²) >= 11 is 1.82. The monoisotopic (exact) mass is 300 g/mol. The van der Waals surface area contributed by atoms with Crippen LogP contribution in [0.4, 0.5) is 0 Å². The Kier molecular flexibility index (Phi) is 4.60. The van der Waals surface area contributed by atoms with Gasteiger partial charge in [0.05, 0.1) is 0 Å². The fourth-order valence-corrected chi connectivity index (χ4v) is 3.42. The summed E-state index contributed by atoms with van der Waals surface area (Å²) in [4.78, 5) is 8.96. The fraction of sp³-hybridized carbons (Fsp3) is 0.375. The van der Waals surface area contributed by atoms with Gasteiger partial charge in [0.25, 0.3) is 0 Å². The molecule has 1 fully saturated rings. The predicted octanol–water partition coefficient (Wildman–Crippen LogP) is 2.27. The van der Waals surface area contributed by atoms with Gasteiger partial charge in [-0.1, -0.05) is 42.1 Å². The van der Waals surface area contributed by atoms with Crippen molar-refractivity contribution in [2.45, 2.75) is 18.9 Å².